The van der Waals surface area contributed by atoms with Crippen molar-refractivity contribution < 1.29 is 13.5 Å². The molecule has 4 heterocycles. The van der Waals surface area contributed by atoms with Crippen LogP contribution < -0.4 is 16.0 Å². The van der Waals surface area contributed by atoms with E-state index in [0.29, 0.717) is 43.8 Å². The van der Waals surface area contributed by atoms with E-state index >= 15 is 4.39 Å². The quantitative estimate of drug-likeness (QED) is 0.210. The highest BCUT2D eigenvalue weighted by atomic mass is 35.5. The molecule has 6 aromatic rings. The fourth-order valence-corrected chi connectivity index (χ4v) is 6.88. The van der Waals surface area contributed by atoms with Gasteiger partial charge in [-0.15, -0.1) is 11.3 Å². The number of ether oxygens (including phenoxy) is 1. The van der Waals surface area contributed by atoms with E-state index < -0.39 is 17.7 Å². The number of hydrogen-bond acceptors (Lipinski definition) is 7. The van der Waals surface area contributed by atoms with Crippen LogP contribution in [-0.4, -0.2) is 30.3 Å². The van der Waals surface area contributed by atoms with Crippen molar-refractivity contribution in [3.63, 3.8) is 0 Å². The minimum absolute atomic E-state index is 0.0515. The van der Waals surface area contributed by atoms with Gasteiger partial charge in [0.05, 0.1) is 23.1 Å². The summed E-state index contributed by atoms with van der Waals surface area (Å²) in [6.07, 6.45) is 5.01. The van der Waals surface area contributed by atoms with Crippen LogP contribution in [0.15, 0.2) is 65.0 Å². The number of aromatic nitrogens is 5. The molecule has 2 aromatic carbocycles. The minimum atomic E-state index is -0.497. The van der Waals surface area contributed by atoms with E-state index in [1.165, 1.54) is 40.3 Å². The lowest BCUT2D eigenvalue weighted by Crippen LogP contribution is -2.23. The van der Waals surface area contributed by atoms with Gasteiger partial charge >= 0.3 is 0 Å². The first-order valence-corrected chi connectivity index (χ1v) is 15.2. The second kappa shape index (κ2) is 9.85. The van der Waals surface area contributed by atoms with Crippen molar-refractivity contribution in [1.82, 2.24) is 24.1 Å². The molecule has 1 unspecified atom stereocenters. The highest BCUT2D eigenvalue weighted by Gasteiger charge is 2.39. The molecule has 0 saturated heterocycles. The second-order valence-electron chi connectivity index (χ2n) is 11.0. The Balaban J connectivity index is 1.37. The lowest BCUT2D eigenvalue weighted by atomic mass is 9.93. The number of hydrogen-bond donors (Lipinski definition) is 1. The summed E-state index contributed by atoms with van der Waals surface area (Å²) in [5.74, 6) is -0.454. The van der Waals surface area contributed by atoms with Crippen molar-refractivity contribution in [2.45, 2.75) is 37.8 Å². The molecule has 2 aliphatic carbocycles. The topological polar surface area (TPSA) is 100 Å². The van der Waals surface area contributed by atoms with Gasteiger partial charge in [-0.1, -0.05) is 23.7 Å². The molecule has 2 fully saturated rings. The highest BCUT2D eigenvalue weighted by molar-refractivity contribution is 7.16. The molecule has 0 radical (unpaired) electrons. The van der Waals surface area contributed by atoms with Crippen molar-refractivity contribution in [1.29, 1.82) is 0 Å². The molecule has 0 amide bonds. The highest BCUT2D eigenvalue weighted by Crippen LogP contribution is 2.48. The molecule has 8 nitrogen and oxygen atoms in total. The molecule has 0 bridgehead atoms. The Morgan fingerprint density at radius 3 is 2.63 bits per heavy atom. The number of thiazole rings is 1. The van der Waals surface area contributed by atoms with E-state index in [0.717, 1.165) is 25.7 Å². The summed E-state index contributed by atoms with van der Waals surface area (Å²) in [4.78, 5) is 23.5. The zero-order valence-electron chi connectivity index (χ0n) is 22.5. The molecule has 2 aliphatic rings. The number of nitrogens with zero attached hydrogens (tertiary/aromatic N) is 5. The van der Waals surface area contributed by atoms with Crippen LogP contribution in [0.5, 0.6) is 5.75 Å². The van der Waals surface area contributed by atoms with E-state index in [1.54, 1.807) is 34.3 Å². The molecule has 0 spiro atoms. The predicted molar refractivity (Wildman–Crippen MR) is 162 cm³/mol. The Bertz CT molecular complexity index is 2140. The van der Waals surface area contributed by atoms with Gasteiger partial charge in [0.25, 0.3) is 5.56 Å². The molecule has 2 saturated carbocycles. The number of nitrogens with two attached hydrogens (primary N) is 1. The molecule has 1 atom stereocenters. The van der Waals surface area contributed by atoms with Crippen LogP contribution in [0.2, 0.25) is 5.15 Å². The third kappa shape index (κ3) is 4.45. The summed E-state index contributed by atoms with van der Waals surface area (Å²) >= 11 is 7.77. The molecule has 2 N–H and O–H groups in total. The maximum atomic E-state index is 15.2. The first-order valence-electron chi connectivity index (χ1n) is 13.9. The Morgan fingerprint density at radius 2 is 1.88 bits per heavy atom. The lowest BCUT2D eigenvalue weighted by molar-refractivity contribution is 0.287. The predicted octanol–water partition coefficient (Wildman–Crippen LogP) is 6.89. The monoisotopic (exact) mass is 616 g/mol. The minimum Gasteiger partial charge on any atom is -0.487 e. The summed E-state index contributed by atoms with van der Waals surface area (Å²) in [6.45, 7) is 0. The number of pyridine rings is 1. The average Bonchev–Trinajstić information content (AvgIpc) is 3.91. The SMILES string of the molecule is Nc1ncnc2c1c(-c1ccc(OC3CC3)c(F)c1)nn2C(c1cc2scc(Cl)n2c(=O)c1-c1cccc(F)c1)C1CC1. The van der Waals surface area contributed by atoms with Crippen molar-refractivity contribution in [3.8, 4) is 28.1 Å². The maximum Gasteiger partial charge on any atom is 0.265 e. The molecule has 0 aliphatic heterocycles. The first kappa shape index (κ1) is 26.3. The number of halogens is 3. The second-order valence-corrected chi connectivity index (χ2v) is 12.3. The van der Waals surface area contributed by atoms with Crippen LogP contribution in [0, 0.1) is 17.6 Å². The summed E-state index contributed by atoms with van der Waals surface area (Å²) < 4.78 is 38.5. The molecular formula is C31H23ClF2N6O2S. The lowest BCUT2D eigenvalue weighted by Gasteiger charge is -2.22. The van der Waals surface area contributed by atoms with E-state index in [4.69, 9.17) is 27.2 Å². The van der Waals surface area contributed by atoms with Crippen LogP contribution >= 0.6 is 22.9 Å². The smallest absolute Gasteiger partial charge is 0.265 e. The molecule has 8 rings (SSSR count). The van der Waals surface area contributed by atoms with Gasteiger partial charge in [0.15, 0.2) is 17.2 Å². The van der Waals surface area contributed by atoms with Crippen molar-refractivity contribution in [2.75, 3.05) is 5.73 Å². The molecule has 216 valence electrons. The van der Waals surface area contributed by atoms with Gasteiger partial charge in [0.1, 0.15) is 33.6 Å². The van der Waals surface area contributed by atoms with Crippen molar-refractivity contribution >= 4 is 44.6 Å². The molecular weight excluding hydrogens is 594 g/mol. The zero-order chi connectivity index (χ0) is 29.4. The number of anilines is 1. The van der Waals surface area contributed by atoms with Crippen LogP contribution in [0.25, 0.3) is 38.2 Å². The van der Waals surface area contributed by atoms with Crippen LogP contribution in [0.4, 0.5) is 14.6 Å². The standard InChI is InChI=1S/C31H23ClF2N6O2S/c32-23-13-43-24-12-20(25(31(41)39(23)24)16-2-1-3-18(33)10-16)28(15-4-5-15)40-30-26(29(35)36-14-37-30)27(38-40)17-6-9-22(21(34)11-17)42-19-7-8-19/h1-3,6,9-15,19,28H,4-5,7-8H2,(H2,35,36,37). The Hall–Kier alpha value is -4.35. The van der Waals surface area contributed by atoms with E-state index in [2.05, 4.69) is 9.97 Å². The normalized spacial score (nSPS) is 15.8. The summed E-state index contributed by atoms with van der Waals surface area (Å²) in [5, 5.41) is 7.45. The van der Waals surface area contributed by atoms with Crippen LogP contribution in [-0.2, 0) is 0 Å². The fraction of sp³-hybridized carbons (Fsp3) is 0.226. The molecule has 12 heteroatoms. The third-order valence-electron chi connectivity index (χ3n) is 8.00. The van der Waals surface area contributed by atoms with Gasteiger partial charge in [0.2, 0.25) is 0 Å². The van der Waals surface area contributed by atoms with Gasteiger partial charge in [0, 0.05) is 10.9 Å². The van der Waals surface area contributed by atoms with Gasteiger partial charge < -0.3 is 10.5 Å². The van der Waals surface area contributed by atoms with E-state index in [1.807, 2.05) is 6.07 Å². The van der Waals surface area contributed by atoms with Crippen LogP contribution in [0.3, 0.4) is 0 Å². The largest absolute Gasteiger partial charge is 0.487 e. The Kier molecular flexibility index (Phi) is 6.02. The maximum absolute atomic E-state index is 15.2. The van der Waals surface area contributed by atoms with E-state index in [-0.39, 0.29) is 34.3 Å². The summed E-state index contributed by atoms with van der Waals surface area (Å²) in [7, 11) is 0. The fourth-order valence-electron chi connectivity index (χ4n) is 5.72. The van der Waals surface area contributed by atoms with Gasteiger partial charge in [-0.2, -0.15) is 5.10 Å². The van der Waals surface area contributed by atoms with Crippen molar-refractivity contribution in [3.05, 3.63) is 92.9 Å². The summed E-state index contributed by atoms with van der Waals surface area (Å²) in [6, 6.07) is 12.2. The third-order valence-corrected chi connectivity index (χ3v) is 9.29. The van der Waals surface area contributed by atoms with Gasteiger partial charge in [-0.25, -0.2) is 23.4 Å². The number of benzene rings is 2. The van der Waals surface area contributed by atoms with Crippen molar-refractivity contribution in [2.24, 2.45) is 5.92 Å². The Labute approximate surface area is 252 Å². The van der Waals surface area contributed by atoms with Gasteiger partial charge in [-0.3, -0.25) is 9.20 Å². The average molecular weight is 617 g/mol. The Morgan fingerprint density at radius 1 is 1.05 bits per heavy atom. The number of fused-ring (bicyclic) bond motifs is 2. The zero-order valence-corrected chi connectivity index (χ0v) is 24.1. The van der Waals surface area contributed by atoms with E-state index in [9.17, 15) is 9.18 Å². The molecule has 43 heavy (non-hydrogen) atoms. The van der Waals surface area contributed by atoms with Gasteiger partial charge in [-0.05, 0) is 79.1 Å². The summed E-state index contributed by atoms with van der Waals surface area (Å²) in [5.41, 5.74) is 8.83. The van der Waals surface area contributed by atoms with Crippen LogP contribution in [0.1, 0.15) is 37.3 Å². The first-order chi connectivity index (χ1) is 20.9. The number of nitrogen functional groups attached to an aromatic ring is 1. The number of rotatable bonds is 7. The molecule has 4 aromatic heterocycles.